The van der Waals surface area contributed by atoms with E-state index >= 15 is 0 Å². The van der Waals surface area contributed by atoms with Crippen LogP contribution in [0.3, 0.4) is 0 Å². The summed E-state index contributed by atoms with van der Waals surface area (Å²) in [6.07, 6.45) is 9.12. The fourth-order valence-electron chi connectivity index (χ4n) is 3.51. The minimum Gasteiger partial charge on any atom is -0.356 e. The van der Waals surface area contributed by atoms with E-state index in [-0.39, 0.29) is 11.9 Å². The molecule has 1 saturated heterocycles. The second-order valence-electron chi connectivity index (χ2n) is 7.04. The Kier molecular flexibility index (Phi) is 4.38. The lowest BCUT2D eigenvalue weighted by Gasteiger charge is -2.33. The molecule has 7 nitrogen and oxygen atoms in total. The Hall–Kier alpha value is -2.44. The van der Waals surface area contributed by atoms with Gasteiger partial charge in [0.05, 0.1) is 0 Å². The minimum absolute atomic E-state index is 0.0895. The van der Waals surface area contributed by atoms with Gasteiger partial charge in [0, 0.05) is 50.1 Å². The van der Waals surface area contributed by atoms with E-state index in [9.17, 15) is 4.79 Å². The van der Waals surface area contributed by atoms with Gasteiger partial charge in [0.2, 0.25) is 0 Å². The molecule has 0 bridgehead atoms. The Bertz CT molecular complexity index is 746. The number of nitrogens with one attached hydrogen (secondary N) is 1. The number of anilines is 1. The third kappa shape index (κ3) is 3.50. The molecular formula is C18H24N6O. The van der Waals surface area contributed by atoms with Gasteiger partial charge in [-0.3, -0.25) is 9.48 Å². The van der Waals surface area contributed by atoms with Gasteiger partial charge in [-0.15, -0.1) is 0 Å². The quantitative estimate of drug-likeness (QED) is 0.920. The van der Waals surface area contributed by atoms with Crippen molar-refractivity contribution in [2.24, 2.45) is 7.05 Å². The van der Waals surface area contributed by atoms with Crippen molar-refractivity contribution in [3.8, 4) is 0 Å². The number of nitrogens with zero attached hydrogens (tertiary/aromatic N) is 5. The molecule has 2 aromatic heterocycles. The zero-order chi connectivity index (χ0) is 17.2. The average Bonchev–Trinajstić information content (AvgIpc) is 3.01. The van der Waals surface area contributed by atoms with Crippen molar-refractivity contribution < 1.29 is 4.79 Å². The molecule has 0 aromatic carbocycles. The van der Waals surface area contributed by atoms with Crippen LogP contribution in [0.4, 0.5) is 5.82 Å². The number of carbonyl (C=O) groups excluding carboxylic acids is 1. The maximum absolute atomic E-state index is 12.2. The molecule has 1 saturated carbocycles. The summed E-state index contributed by atoms with van der Waals surface area (Å²) in [5.41, 5.74) is 1.66. The van der Waals surface area contributed by atoms with E-state index in [0.717, 1.165) is 31.7 Å². The van der Waals surface area contributed by atoms with Crippen LogP contribution in [0.15, 0.2) is 24.7 Å². The van der Waals surface area contributed by atoms with Crippen molar-refractivity contribution in [3.63, 3.8) is 0 Å². The zero-order valence-corrected chi connectivity index (χ0v) is 14.6. The Labute approximate surface area is 147 Å². The topological polar surface area (TPSA) is 75.9 Å². The Morgan fingerprint density at radius 2 is 2.00 bits per heavy atom. The highest BCUT2D eigenvalue weighted by Crippen LogP contribution is 2.36. The molecule has 7 heteroatoms. The number of hydrogen-bond donors (Lipinski definition) is 1. The van der Waals surface area contributed by atoms with Crippen molar-refractivity contribution in [2.75, 3.05) is 18.0 Å². The van der Waals surface area contributed by atoms with Gasteiger partial charge in [-0.25, -0.2) is 9.97 Å². The van der Waals surface area contributed by atoms with Crippen LogP contribution >= 0.6 is 0 Å². The third-order valence-electron chi connectivity index (χ3n) is 5.30. The van der Waals surface area contributed by atoms with Crippen molar-refractivity contribution in [1.82, 2.24) is 25.1 Å². The number of carbonyl (C=O) groups is 1. The normalized spacial score (nSPS) is 18.8. The second-order valence-corrected chi connectivity index (χ2v) is 7.04. The van der Waals surface area contributed by atoms with Gasteiger partial charge >= 0.3 is 0 Å². The molecule has 1 aliphatic heterocycles. The lowest BCUT2D eigenvalue weighted by molar-refractivity contribution is 0.0925. The van der Waals surface area contributed by atoms with E-state index in [4.69, 9.17) is 0 Å². The van der Waals surface area contributed by atoms with Gasteiger partial charge in [0.15, 0.2) is 0 Å². The van der Waals surface area contributed by atoms with Gasteiger partial charge in [0.1, 0.15) is 17.8 Å². The number of aromatic nitrogens is 4. The molecule has 3 heterocycles. The summed E-state index contributed by atoms with van der Waals surface area (Å²) in [4.78, 5) is 23.4. The maximum Gasteiger partial charge on any atom is 0.271 e. The van der Waals surface area contributed by atoms with E-state index in [1.54, 1.807) is 23.3 Å². The molecule has 25 heavy (non-hydrogen) atoms. The molecule has 1 amide bonds. The summed E-state index contributed by atoms with van der Waals surface area (Å²) in [6, 6.07) is 4.09. The Balaban J connectivity index is 1.33. The lowest BCUT2D eigenvalue weighted by atomic mass is 9.83. The first kappa shape index (κ1) is 16.1. The highest BCUT2D eigenvalue weighted by molar-refractivity contribution is 5.92. The number of rotatable bonds is 4. The van der Waals surface area contributed by atoms with Crippen LogP contribution in [0, 0.1) is 0 Å². The number of hydrogen-bond acceptors (Lipinski definition) is 5. The van der Waals surface area contributed by atoms with E-state index in [1.807, 2.05) is 7.05 Å². The van der Waals surface area contributed by atoms with E-state index in [0.29, 0.717) is 11.6 Å². The van der Waals surface area contributed by atoms with Crippen molar-refractivity contribution in [1.29, 1.82) is 0 Å². The minimum atomic E-state index is -0.0895. The predicted octanol–water partition coefficient (Wildman–Crippen LogP) is 1.88. The van der Waals surface area contributed by atoms with Crippen molar-refractivity contribution in [2.45, 2.75) is 44.1 Å². The first-order valence-corrected chi connectivity index (χ1v) is 9.06. The summed E-state index contributed by atoms with van der Waals surface area (Å²) in [5.74, 6) is 1.55. The molecular weight excluding hydrogens is 316 g/mol. The molecule has 0 atom stereocenters. The van der Waals surface area contributed by atoms with Crippen LogP contribution in [-0.2, 0) is 7.05 Å². The highest BCUT2D eigenvalue weighted by atomic mass is 16.2. The van der Waals surface area contributed by atoms with Crippen molar-refractivity contribution in [3.05, 3.63) is 36.0 Å². The average molecular weight is 340 g/mol. The summed E-state index contributed by atoms with van der Waals surface area (Å²) in [5, 5.41) is 7.25. The van der Waals surface area contributed by atoms with Crippen LogP contribution < -0.4 is 10.2 Å². The molecule has 132 valence electrons. The Morgan fingerprint density at radius 1 is 1.20 bits per heavy atom. The van der Waals surface area contributed by atoms with Crippen molar-refractivity contribution >= 4 is 11.7 Å². The first-order valence-electron chi connectivity index (χ1n) is 9.06. The predicted molar refractivity (Wildman–Crippen MR) is 94.5 cm³/mol. The third-order valence-corrected chi connectivity index (χ3v) is 5.30. The van der Waals surface area contributed by atoms with E-state index in [2.05, 4.69) is 31.3 Å². The van der Waals surface area contributed by atoms with Crippen LogP contribution in [-0.4, -0.2) is 44.8 Å². The number of aryl methyl sites for hydroxylation is 1. The molecule has 2 aliphatic rings. The van der Waals surface area contributed by atoms with E-state index in [1.165, 1.54) is 25.0 Å². The zero-order valence-electron chi connectivity index (χ0n) is 14.6. The van der Waals surface area contributed by atoms with Crippen LogP contribution in [0.5, 0.6) is 0 Å². The fraction of sp³-hybridized carbons (Fsp3) is 0.556. The SMILES string of the molecule is Cn1ccc(C(=O)NC2CCN(c3cc(C4CCC4)ncn3)CC2)n1. The standard InChI is InChI=1S/C18H24N6O/c1-23-8-7-15(22-23)18(25)21-14-5-9-24(10-6-14)17-11-16(19-12-20-17)13-3-2-4-13/h7-8,11-14H,2-6,9-10H2,1H3,(H,21,25). The first-order chi connectivity index (χ1) is 12.2. The Morgan fingerprint density at radius 3 is 2.64 bits per heavy atom. The summed E-state index contributed by atoms with van der Waals surface area (Å²) in [7, 11) is 1.81. The molecule has 0 unspecified atom stereocenters. The van der Waals surface area contributed by atoms with Gasteiger partial charge in [-0.05, 0) is 31.7 Å². The van der Waals surface area contributed by atoms with Gasteiger partial charge in [0.25, 0.3) is 5.91 Å². The summed E-state index contributed by atoms with van der Waals surface area (Å²) < 4.78 is 1.65. The molecule has 1 N–H and O–H groups in total. The van der Waals surface area contributed by atoms with Crippen LogP contribution in [0.1, 0.15) is 54.2 Å². The second kappa shape index (κ2) is 6.82. The highest BCUT2D eigenvalue weighted by Gasteiger charge is 2.25. The van der Waals surface area contributed by atoms with Gasteiger partial charge < -0.3 is 10.2 Å². The van der Waals surface area contributed by atoms with Crippen LogP contribution in [0.25, 0.3) is 0 Å². The van der Waals surface area contributed by atoms with Gasteiger partial charge in [-0.2, -0.15) is 5.10 Å². The molecule has 0 radical (unpaired) electrons. The van der Waals surface area contributed by atoms with E-state index < -0.39 is 0 Å². The summed E-state index contributed by atoms with van der Waals surface area (Å²) >= 11 is 0. The lowest BCUT2D eigenvalue weighted by Crippen LogP contribution is -2.45. The van der Waals surface area contributed by atoms with Gasteiger partial charge in [-0.1, -0.05) is 6.42 Å². The largest absolute Gasteiger partial charge is 0.356 e. The number of piperidine rings is 1. The maximum atomic E-state index is 12.2. The smallest absolute Gasteiger partial charge is 0.271 e. The molecule has 4 rings (SSSR count). The monoisotopic (exact) mass is 340 g/mol. The molecule has 1 aliphatic carbocycles. The molecule has 2 fully saturated rings. The summed E-state index contributed by atoms with van der Waals surface area (Å²) in [6.45, 7) is 1.79. The molecule has 0 spiro atoms. The molecule has 2 aromatic rings. The number of amides is 1. The van der Waals surface area contributed by atoms with Crippen LogP contribution in [0.2, 0.25) is 0 Å². The fourth-order valence-corrected chi connectivity index (χ4v) is 3.51.